The molecule has 104 valence electrons. The van der Waals surface area contributed by atoms with Crippen molar-refractivity contribution in [3.05, 3.63) is 59.6 Å². The molecule has 0 bridgehead atoms. The van der Waals surface area contributed by atoms with Gasteiger partial charge in [-0.3, -0.25) is 0 Å². The first-order valence-electron chi connectivity index (χ1n) is 6.92. The van der Waals surface area contributed by atoms with E-state index < -0.39 is 0 Å². The van der Waals surface area contributed by atoms with Gasteiger partial charge in [-0.25, -0.2) is 4.98 Å². The van der Waals surface area contributed by atoms with Crippen molar-refractivity contribution in [3.8, 4) is 11.5 Å². The molecule has 4 rings (SSSR count). The third-order valence-corrected chi connectivity index (χ3v) is 3.63. The summed E-state index contributed by atoms with van der Waals surface area (Å²) in [4.78, 5) is 8.90. The van der Waals surface area contributed by atoms with Gasteiger partial charge >= 0.3 is 0 Å². The molecule has 0 radical (unpaired) electrons. The minimum Gasteiger partial charge on any atom is -0.373 e. The number of hydrogen-bond donors (Lipinski definition) is 1. The Bertz CT molecular complexity index is 771. The first kappa shape index (κ1) is 12.1. The van der Waals surface area contributed by atoms with Crippen LogP contribution < -0.4 is 5.32 Å². The molecule has 0 unspecified atom stereocenters. The van der Waals surface area contributed by atoms with Crippen molar-refractivity contribution in [2.75, 3.05) is 5.32 Å². The van der Waals surface area contributed by atoms with Gasteiger partial charge in [0.25, 0.3) is 0 Å². The van der Waals surface area contributed by atoms with Crippen molar-refractivity contribution < 1.29 is 4.52 Å². The van der Waals surface area contributed by atoms with Gasteiger partial charge in [0.2, 0.25) is 11.7 Å². The van der Waals surface area contributed by atoms with E-state index in [9.17, 15) is 0 Å². The lowest BCUT2D eigenvalue weighted by molar-refractivity contribution is 0.364. The molecule has 1 N–H and O–H groups in total. The number of aryl methyl sites for hydroxylation is 1. The van der Waals surface area contributed by atoms with Gasteiger partial charge in [-0.05, 0) is 30.7 Å². The van der Waals surface area contributed by atoms with Crippen LogP contribution in [-0.4, -0.2) is 15.1 Å². The average molecular weight is 278 g/mol. The maximum Gasteiger partial charge on any atom is 0.249 e. The molecule has 2 aromatic heterocycles. The summed E-state index contributed by atoms with van der Waals surface area (Å²) in [5.41, 5.74) is 4.08. The van der Waals surface area contributed by atoms with Crippen LogP contribution >= 0.6 is 0 Å². The maximum absolute atomic E-state index is 5.41. The minimum atomic E-state index is 0.0356. The van der Waals surface area contributed by atoms with Crippen molar-refractivity contribution in [3.63, 3.8) is 0 Å². The lowest BCUT2D eigenvalue weighted by atomic mass is 10.1. The van der Waals surface area contributed by atoms with Crippen LogP contribution in [0.15, 0.2) is 47.0 Å². The lowest BCUT2D eigenvalue weighted by Gasteiger charge is -2.04. The van der Waals surface area contributed by atoms with Crippen LogP contribution in [0.2, 0.25) is 0 Å². The zero-order valence-electron chi connectivity index (χ0n) is 11.6. The van der Waals surface area contributed by atoms with Crippen LogP contribution in [0.1, 0.15) is 23.2 Å². The van der Waals surface area contributed by atoms with E-state index in [-0.39, 0.29) is 6.04 Å². The Morgan fingerprint density at radius 1 is 1.10 bits per heavy atom. The number of para-hydroxylation sites is 1. The third-order valence-electron chi connectivity index (χ3n) is 3.63. The Labute approximate surface area is 122 Å². The molecule has 3 aromatic rings. The Hall–Kier alpha value is -2.69. The largest absolute Gasteiger partial charge is 0.373 e. The molecule has 5 nitrogen and oxygen atoms in total. The molecule has 3 heterocycles. The van der Waals surface area contributed by atoms with E-state index in [1.54, 1.807) is 0 Å². The Morgan fingerprint density at radius 2 is 2.00 bits per heavy atom. The molecule has 0 aliphatic carbocycles. The van der Waals surface area contributed by atoms with Gasteiger partial charge in [0.1, 0.15) is 11.7 Å². The quantitative estimate of drug-likeness (QED) is 0.780. The van der Waals surface area contributed by atoms with Gasteiger partial charge in [-0.1, -0.05) is 29.4 Å². The number of nitrogens with zero attached hydrogens (tertiary/aromatic N) is 3. The van der Waals surface area contributed by atoms with Crippen LogP contribution in [0, 0.1) is 6.92 Å². The number of nitrogens with one attached hydrogen (secondary N) is 1. The second-order valence-corrected chi connectivity index (χ2v) is 5.18. The minimum absolute atomic E-state index is 0.0356. The van der Waals surface area contributed by atoms with Gasteiger partial charge in [0.05, 0.1) is 0 Å². The molecule has 1 aromatic carbocycles. The zero-order valence-corrected chi connectivity index (χ0v) is 11.6. The number of rotatable bonds is 2. The van der Waals surface area contributed by atoms with Crippen LogP contribution in [-0.2, 0) is 6.42 Å². The number of fused-ring (bicyclic) bond motifs is 1. The second kappa shape index (κ2) is 4.70. The monoisotopic (exact) mass is 278 g/mol. The summed E-state index contributed by atoms with van der Waals surface area (Å²) in [6.45, 7) is 1.94. The molecular weight excluding hydrogens is 264 g/mol. The molecule has 5 heteroatoms. The van der Waals surface area contributed by atoms with Crippen molar-refractivity contribution in [2.45, 2.75) is 19.4 Å². The zero-order chi connectivity index (χ0) is 14.2. The SMILES string of the molecule is Cc1cccc(-c2noc([C@@H]3Cc4ccccc4N3)n2)n1. The Morgan fingerprint density at radius 3 is 2.86 bits per heavy atom. The van der Waals surface area contributed by atoms with Crippen LogP contribution in [0.25, 0.3) is 11.5 Å². The van der Waals surface area contributed by atoms with E-state index in [1.807, 2.05) is 37.3 Å². The summed E-state index contributed by atoms with van der Waals surface area (Å²) in [5.74, 6) is 1.14. The number of pyridine rings is 1. The standard InChI is InChI=1S/C16H14N4O/c1-10-5-4-8-13(17-10)15-19-16(21-20-15)14-9-11-6-2-3-7-12(11)18-14/h2-8,14,18H,9H2,1H3/t14-/m0/s1. The summed E-state index contributed by atoms with van der Waals surface area (Å²) in [6.07, 6.45) is 0.860. The highest BCUT2D eigenvalue weighted by atomic mass is 16.5. The first-order valence-corrected chi connectivity index (χ1v) is 6.92. The molecule has 1 aliphatic rings. The fraction of sp³-hybridized carbons (Fsp3) is 0.188. The van der Waals surface area contributed by atoms with Crippen molar-refractivity contribution in [1.29, 1.82) is 0 Å². The van der Waals surface area contributed by atoms with E-state index in [4.69, 9.17) is 4.52 Å². The van der Waals surface area contributed by atoms with Gasteiger partial charge < -0.3 is 9.84 Å². The first-order chi connectivity index (χ1) is 10.3. The predicted octanol–water partition coefficient (Wildman–Crippen LogP) is 3.15. The summed E-state index contributed by atoms with van der Waals surface area (Å²) < 4.78 is 5.41. The lowest BCUT2D eigenvalue weighted by Crippen LogP contribution is -2.05. The molecule has 0 saturated carbocycles. The van der Waals surface area contributed by atoms with E-state index in [2.05, 4.69) is 32.6 Å². The van der Waals surface area contributed by atoms with Crippen LogP contribution in [0.4, 0.5) is 5.69 Å². The van der Waals surface area contributed by atoms with Gasteiger partial charge in [-0.2, -0.15) is 4.98 Å². The van der Waals surface area contributed by atoms with E-state index in [0.717, 1.165) is 23.5 Å². The molecule has 21 heavy (non-hydrogen) atoms. The van der Waals surface area contributed by atoms with Crippen LogP contribution in [0.3, 0.4) is 0 Å². The fourth-order valence-corrected chi connectivity index (χ4v) is 2.60. The highest BCUT2D eigenvalue weighted by Gasteiger charge is 2.26. The number of aromatic nitrogens is 3. The molecule has 1 atom stereocenters. The normalized spacial score (nSPS) is 16.5. The van der Waals surface area contributed by atoms with Crippen molar-refractivity contribution >= 4 is 5.69 Å². The summed E-state index contributed by atoms with van der Waals surface area (Å²) in [6, 6.07) is 14.0. The maximum atomic E-state index is 5.41. The molecule has 0 amide bonds. The van der Waals surface area contributed by atoms with E-state index >= 15 is 0 Å². The number of anilines is 1. The molecule has 0 spiro atoms. The average Bonchev–Trinajstić information content (AvgIpc) is 3.14. The molecular formula is C16H14N4O. The molecule has 0 fully saturated rings. The van der Waals surface area contributed by atoms with E-state index in [0.29, 0.717) is 11.7 Å². The van der Waals surface area contributed by atoms with Gasteiger partial charge in [-0.15, -0.1) is 0 Å². The summed E-state index contributed by atoms with van der Waals surface area (Å²) >= 11 is 0. The van der Waals surface area contributed by atoms with Crippen LogP contribution in [0.5, 0.6) is 0 Å². The molecule has 1 aliphatic heterocycles. The van der Waals surface area contributed by atoms with Gasteiger partial charge in [0.15, 0.2) is 0 Å². The second-order valence-electron chi connectivity index (χ2n) is 5.18. The van der Waals surface area contributed by atoms with Crippen molar-refractivity contribution in [1.82, 2.24) is 15.1 Å². The molecule has 0 saturated heterocycles. The fourth-order valence-electron chi connectivity index (χ4n) is 2.60. The Kier molecular flexibility index (Phi) is 2.70. The topological polar surface area (TPSA) is 63.8 Å². The van der Waals surface area contributed by atoms with E-state index in [1.165, 1.54) is 5.56 Å². The number of hydrogen-bond acceptors (Lipinski definition) is 5. The summed E-state index contributed by atoms with van der Waals surface area (Å²) in [7, 11) is 0. The van der Waals surface area contributed by atoms with Gasteiger partial charge in [0, 0.05) is 17.8 Å². The summed E-state index contributed by atoms with van der Waals surface area (Å²) in [5, 5.41) is 7.46. The smallest absolute Gasteiger partial charge is 0.249 e. The van der Waals surface area contributed by atoms with Crippen molar-refractivity contribution in [2.24, 2.45) is 0 Å². The number of benzene rings is 1. The predicted molar refractivity (Wildman–Crippen MR) is 78.8 cm³/mol. The third kappa shape index (κ3) is 2.16. The highest BCUT2D eigenvalue weighted by molar-refractivity contribution is 5.57. The highest BCUT2D eigenvalue weighted by Crippen LogP contribution is 2.33. The Balaban J connectivity index is 1.62.